The first kappa shape index (κ1) is 12.6. The zero-order chi connectivity index (χ0) is 13.6. The minimum Gasteiger partial charge on any atom is -0.454 e. The summed E-state index contributed by atoms with van der Waals surface area (Å²) in [5.74, 6) is 7.72. The fraction of sp³-hybridized carbons (Fsp3) is 0.250. The van der Waals surface area contributed by atoms with Gasteiger partial charge in [-0.3, -0.25) is 9.97 Å². The molecule has 0 unspecified atom stereocenters. The standard InChI is InChI=1S/C16H15N3O/c1-3-14(19-8-1)6-5-13-9-16(12-18-10-13)20-15-4-2-7-17-11-15/h2,4,7,9-12,14,19H,1,3,8H2/t14-/m1/s1. The molecular weight excluding hydrogens is 250 g/mol. The molecule has 0 amide bonds. The van der Waals surface area contributed by atoms with Crippen LogP contribution in [0.15, 0.2) is 43.0 Å². The molecule has 0 aromatic carbocycles. The molecule has 2 aromatic rings. The molecule has 0 saturated carbocycles. The Morgan fingerprint density at radius 1 is 1.20 bits per heavy atom. The Kier molecular flexibility index (Phi) is 3.91. The maximum Gasteiger partial charge on any atom is 0.147 e. The monoisotopic (exact) mass is 265 g/mol. The smallest absolute Gasteiger partial charge is 0.147 e. The minimum absolute atomic E-state index is 0.304. The molecule has 3 rings (SSSR count). The first-order chi connectivity index (χ1) is 9.90. The summed E-state index contributed by atoms with van der Waals surface area (Å²) in [5, 5.41) is 3.35. The molecule has 0 radical (unpaired) electrons. The van der Waals surface area contributed by atoms with Crippen molar-refractivity contribution >= 4 is 0 Å². The quantitative estimate of drug-likeness (QED) is 0.847. The average Bonchev–Trinajstić information content (AvgIpc) is 3.00. The third kappa shape index (κ3) is 3.34. The Bertz CT molecular complexity index is 625. The molecule has 0 aliphatic carbocycles. The third-order valence-electron chi connectivity index (χ3n) is 3.03. The van der Waals surface area contributed by atoms with Crippen LogP contribution in [0.1, 0.15) is 18.4 Å². The van der Waals surface area contributed by atoms with Gasteiger partial charge in [0.05, 0.1) is 18.4 Å². The lowest BCUT2D eigenvalue weighted by Crippen LogP contribution is -2.18. The van der Waals surface area contributed by atoms with E-state index < -0.39 is 0 Å². The van der Waals surface area contributed by atoms with E-state index in [0.29, 0.717) is 17.5 Å². The van der Waals surface area contributed by atoms with Crippen LogP contribution < -0.4 is 10.1 Å². The van der Waals surface area contributed by atoms with E-state index in [2.05, 4.69) is 27.1 Å². The second kappa shape index (κ2) is 6.18. The lowest BCUT2D eigenvalue weighted by molar-refractivity contribution is 0.478. The number of hydrogen-bond donors (Lipinski definition) is 1. The third-order valence-corrected chi connectivity index (χ3v) is 3.03. The van der Waals surface area contributed by atoms with E-state index in [1.165, 1.54) is 6.42 Å². The molecule has 3 heterocycles. The highest BCUT2D eigenvalue weighted by molar-refractivity contribution is 5.39. The number of pyridine rings is 2. The molecule has 1 aliphatic heterocycles. The van der Waals surface area contributed by atoms with E-state index in [1.54, 1.807) is 24.8 Å². The number of nitrogens with zero attached hydrogens (tertiary/aromatic N) is 2. The number of hydrogen-bond acceptors (Lipinski definition) is 4. The van der Waals surface area contributed by atoms with Crippen molar-refractivity contribution < 1.29 is 4.74 Å². The minimum atomic E-state index is 0.304. The van der Waals surface area contributed by atoms with Gasteiger partial charge < -0.3 is 10.1 Å². The lowest BCUT2D eigenvalue weighted by atomic mass is 10.2. The molecule has 100 valence electrons. The van der Waals surface area contributed by atoms with Crippen LogP contribution in [-0.4, -0.2) is 22.6 Å². The first-order valence-electron chi connectivity index (χ1n) is 6.68. The number of aromatic nitrogens is 2. The van der Waals surface area contributed by atoms with Crippen LogP contribution >= 0.6 is 0 Å². The van der Waals surface area contributed by atoms with Gasteiger partial charge in [-0.05, 0) is 37.6 Å². The summed E-state index contributed by atoms with van der Waals surface area (Å²) in [6.45, 7) is 1.06. The summed E-state index contributed by atoms with van der Waals surface area (Å²) >= 11 is 0. The molecule has 1 N–H and O–H groups in total. The normalized spacial score (nSPS) is 17.3. The molecule has 0 spiro atoms. The van der Waals surface area contributed by atoms with E-state index in [9.17, 15) is 0 Å². The predicted octanol–water partition coefficient (Wildman–Crippen LogP) is 2.37. The average molecular weight is 265 g/mol. The molecule has 4 nitrogen and oxygen atoms in total. The molecule has 20 heavy (non-hydrogen) atoms. The Labute approximate surface area is 118 Å². The number of ether oxygens (including phenoxy) is 1. The van der Waals surface area contributed by atoms with Crippen LogP contribution in [0.4, 0.5) is 0 Å². The second-order valence-corrected chi connectivity index (χ2v) is 4.62. The first-order valence-corrected chi connectivity index (χ1v) is 6.68. The Hall–Kier alpha value is -2.38. The zero-order valence-corrected chi connectivity index (χ0v) is 11.0. The number of nitrogens with one attached hydrogen (secondary N) is 1. The van der Waals surface area contributed by atoms with Gasteiger partial charge in [-0.1, -0.05) is 11.8 Å². The zero-order valence-electron chi connectivity index (χ0n) is 11.0. The predicted molar refractivity (Wildman–Crippen MR) is 76.5 cm³/mol. The van der Waals surface area contributed by atoms with E-state index >= 15 is 0 Å². The second-order valence-electron chi connectivity index (χ2n) is 4.62. The highest BCUT2D eigenvalue weighted by atomic mass is 16.5. The SMILES string of the molecule is C(#C[C@H]1CCCN1)c1cncc(Oc2cccnc2)c1. The topological polar surface area (TPSA) is 47.0 Å². The van der Waals surface area contributed by atoms with Gasteiger partial charge in [0.15, 0.2) is 0 Å². The van der Waals surface area contributed by atoms with Crippen molar-refractivity contribution in [2.75, 3.05) is 6.54 Å². The van der Waals surface area contributed by atoms with Crippen LogP contribution in [0.25, 0.3) is 0 Å². The molecule has 0 bridgehead atoms. The maximum absolute atomic E-state index is 5.68. The highest BCUT2D eigenvalue weighted by Gasteiger charge is 2.09. The lowest BCUT2D eigenvalue weighted by Gasteiger charge is -2.04. The van der Waals surface area contributed by atoms with Crippen LogP contribution in [0, 0.1) is 11.8 Å². The number of rotatable bonds is 2. The molecule has 1 saturated heterocycles. The molecule has 1 fully saturated rings. The van der Waals surface area contributed by atoms with Gasteiger partial charge >= 0.3 is 0 Å². The molecular formula is C16H15N3O. The summed E-state index contributed by atoms with van der Waals surface area (Å²) in [5.41, 5.74) is 0.861. The van der Waals surface area contributed by atoms with Crippen molar-refractivity contribution in [2.24, 2.45) is 0 Å². The largest absolute Gasteiger partial charge is 0.454 e. The summed E-state index contributed by atoms with van der Waals surface area (Å²) < 4.78 is 5.68. The van der Waals surface area contributed by atoms with Crippen molar-refractivity contribution in [1.82, 2.24) is 15.3 Å². The van der Waals surface area contributed by atoms with Crippen LogP contribution in [0.5, 0.6) is 11.5 Å². The van der Waals surface area contributed by atoms with Crippen LogP contribution in [-0.2, 0) is 0 Å². The maximum atomic E-state index is 5.68. The van der Waals surface area contributed by atoms with Gasteiger partial charge in [-0.15, -0.1) is 0 Å². The van der Waals surface area contributed by atoms with E-state index in [1.807, 2.05) is 18.2 Å². The summed E-state index contributed by atoms with van der Waals surface area (Å²) in [6.07, 6.45) is 9.11. The van der Waals surface area contributed by atoms with Crippen molar-refractivity contribution in [2.45, 2.75) is 18.9 Å². The highest BCUT2D eigenvalue weighted by Crippen LogP contribution is 2.19. The van der Waals surface area contributed by atoms with Gasteiger partial charge in [-0.25, -0.2) is 0 Å². The van der Waals surface area contributed by atoms with Gasteiger partial charge in [-0.2, -0.15) is 0 Å². The van der Waals surface area contributed by atoms with Gasteiger partial charge in [0, 0.05) is 18.0 Å². The van der Waals surface area contributed by atoms with Crippen molar-refractivity contribution in [3.63, 3.8) is 0 Å². The van der Waals surface area contributed by atoms with Gasteiger partial charge in [0.1, 0.15) is 11.5 Å². The van der Waals surface area contributed by atoms with Crippen LogP contribution in [0.3, 0.4) is 0 Å². The molecule has 4 heteroatoms. The van der Waals surface area contributed by atoms with E-state index in [0.717, 1.165) is 18.5 Å². The Morgan fingerprint density at radius 2 is 2.15 bits per heavy atom. The van der Waals surface area contributed by atoms with Crippen LogP contribution in [0.2, 0.25) is 0 Å². The van der Waals surface area contributed by atoms with Gasteiger partial charge in [0.2, 0.25) is 0 Å². The Balaban J connectivity index is 1.72. The Morgan fingerprint density at radius 3 is 2.95 bits per heavy atom. The summed E-state index contributed by atoms with van der Waals surface area (Å²) in [6, 6.07) is 5.88. The fourth-order valence-electron chi connectivity index (χ4n) is 2.06. The van der Waals surface area contributed by atoms with Crippen molar-refractivity contribution in [3.8, 4) is 23.3 Å². The summed E-state index contributed by atoms with van der Waals surface area (Å²) in [7, 11) is 0. The molecule has 1 atom stereocenters. The van der Waals surface area contributed by atoms with Crippen molar-refractivity contribution in [1.29, 1.82) is 0 Å². The van der Waals surface area contributed by atoms with Gasteiger partial charge in [0.25, 0.3) is 0 Å². The summed E-state index contributed by atoms with van der Waals surface area (Å²) in [4.78, 5) is 8.17. The van der Waals surface area contributed by atoms with Crippen molar-refractivity contribution in [3.05, 3.63) is 48.5 Å². The van der Waals surface area contributed by atoms with E-state index in [-0.39, 0.29) is 0 Å². The fourth-order valence-corrected chi connectivity index (χ4v) is 2.06. The van der Waals surface area contributed by atoms with E-state index in [4.69, 9.17) is 4.74 Å². The molecule has 2 aromatic heterocycles. The molecule has 1 aliphatic rings.